The van der Waals surface area contributed by atoms with E-state index in [0.717, 1.165) is 11.3 Å². The number of alkyl halides is 1. The lowest BCUT2D eigenvalue weighted by Crippen LogP contribution is -2.71. The van der Waals surface area contributed by atoms with Gasteiger partial charge in [0, 0.05) is 5.38 Å². The molecule has 1 aliphatic heterocycles. The molecule has 1 fully saturated rings. The van der Waals surface area contributed by atoms with Gasteiger partial charge in [-0.15, -0.1) is 22.9 Å². The fourth-order valence-corrected chi connectivity index (χ4v) is 3.86. The van der Waals surface area contributed by atoms with Crippen LogP contribution in [-0.2, 0) is 29.5 Å². The van der Waals surface area contributed by atoms with Crippen molar-refractivity contribution in [2.75, 3.05) is 18.3 Å². The minimum absolute atomic E-state index is 0.0512. The van der Waals surface area contributed by atoms with Crippen LogP contribution in [0.2, 0.25) is 0 Å². The number of hydrogen-bond acceptors (Lipinski definition) is 9. The predicted molar refractivity (Wildman–Crippen MR) is 94.8 cm³/mol. The Morgan fingerprint density at radius 1 is 1.52 bits per heavy atom. The summed E-state index contributed by atoms with van der Waals surface area (Å²) in [5.74, 6) is -2.63. The molecule has 12 nitrogen and oxygen atoms in total. The van der Waals surface area contributed by atoms with Gasteiger partial charge in [-0.2, -0.15) is 8.42 Å². The maximum atomic E-state index is 12.4. The number of hydrogen-bond donors (Lipinski definition) is 3. The number of anilines is 1. The summed E-state index contributed by atoms with van der Waals surface area (Å²) >= 11 is 6.39. The molecule has 1 aromatic heterocycles. The van der Waals surface area contributed by atoms with Gasteiger partial charge in [0.25, 0.3) is 11.8 Å². The first kappa shape index (κ1) is 21.0. The van der Waals surface area contributed by atoms with E-state index in [-0.39, 0.29) is 26.7 Å². The highest BCUT2D eigenvalue weighted by Gasteiger charge is 2.51. The molecule has 15 heteroatoms. The molecule has 0 unspecified atom stereocenters. The Hall–Kier alpha value is -2.29. The Balaban J connectivity index is 2.14. The Bertz CT molecular complexity index is 900. The van der Waals surface area contributed by atoms with Gasteiger partial charge in [0.15, 0.2) is 10.8 Å². The summed E-state index contributed by atoms with van der Waals surface area (Å²) in [4.78, 5) is 44.2. The van der Waals surface area contributed by atoms with Gasteiger partial charge < -0.3 is 15.5 Å². The minimum Gasteiger partial charge on any atom is -0.398 e. The minimum atomic E-state index is -4.71. The third-order valence-corrected chi connectivity index (χ3v) is 5.39. The molecular formula is C12H14ClN5O7S2. The lowest BCUT2D eigenvalue weighted by atomic mass is 10.0. The Morgan fingerprint density at radius 2 is 2.19 bits per heavy atom. The third-order valence-electron chi connectivity index (χ3n) is 3.38. The molecular weight excluding hydrogens is 426 g/mol. The van der Waals surface area contributed by atoms with Gasteiger partial charge in [0.05, 0.1) is 6.04 Å². The van der Waals surface area contributed by atoms with Crippen molar-refractivity contribution in [1.82, 2.24) is 14.6 Å². The van der Waals surface area contributed by atoms with Crippen LogP contribution in [-0.4, -0.2) is 70.8 Å². The molecule has 3 N–H and O–H groups in total. The van der Waals surface area contributed by atoms with E-state index < -0.39 is 40.1 Å². The number of nitrogens with zero attached hydrogens (tertiary/aromatic N) is 3. The van der Waals surface area contributed by atoms with Crippen molar-refractivity contribution < 1.29 is 32.2 Å². The lowest BCUT2D eigenvalue weighted by Gasteiger charge is -2.42. The summed E-state index contributed by atoms with van der Waals surface area (Å²) in [6.07, 6.45) is 0. The Labute approximate surface area is 162 Å². The Morgan fingerprint density at radius 3 is 2.70 bits per heavy atom. The highest BCUT2D eigenvalue weighted by molar-refractivity contribution is 7.84. The van der Waals surface area contributed by atoms with E-state index in [9.17, 15) is 22.8 Å². The van der Waals surface area contributed by atoms with Crippen molar-refractivity contribution >= 4 is 61.8 Å². The summed E-state index contributed by atoms with van der Waals surface area (Å²) in [5.41, 5.74) is -0.249. The number of aromatic nitrogens is 1. The molecule has 3 amide bonds. The third kappa shape index (κ3) is 4.52. The van der Waals surface area contributed by atoms with Gasteiger partial charge in [-0.25, -0.2) is 9.29 Å². The molecule has 1 aromatic rings. The zero-order valence-electron chi connectivity index (χ0n) is 13.9. The average Bonchev–Trinajstić information content (AvgIpc) is 3.04. The van der Waals surface area contributed by atoms with E-state index in [1.807, 2.05) is 0 Å². The second-order valence-electron chi connectivity index (χ2n) is 5.15. The zero-order valence-corrected chi connectivity index (χ0v) is 16.3. The first-order valence-corrected chi connectivity index (χ1v) is 9.95. The first-order chi connectivity index (χ1) is 12.6. The number of nitrogens with one attached hydrogen (secondary N) is 2. The molecule has 0 aromatic carbocycles. The molecule has 2 atom stereocenters. The number of β-lactam (4-membered cyclic amide) rings is 1. The van der Waals surface area contributed by atoms with E-state index in [0.29, 0.717) is 0 Å². The average molecular weight is 440 g/mol. The number of oxime groups is 1. The molecule has 1 aliphatic rings. The molecule has 0 saturated carbocycles. The molecule has 2 rings (SSSR count). The molecule has 2 heterocycles. The molecule has 0 bridgehead atoms. The maximum absolute atomic E-state index is 12.4. The van der Waals surface area contributed by atoms with Crippen LogP contribution in [0.1, 0.15) is 12.6 Å². The fourth-order valence-electron chi connectivity index (χ4n) is 2.20. The molecule has 148 valence electrons. The molecule has 0 spiro atoms. The lowest BCUT2D eigenvalue weighted by molar-refractivity contribution is -0.143. The maximum Gasteiger partial charge on any atom is 0.362 e. The van der Waals surface area contributed by atoms with E-state index in [1.54, 1.807) is 0 Å². The van der Waals surface area contributed by atoms with Gasteiger partial charge in [0.2, 0.25) is 5.91 Å². The van der Waals surface area contributed by atoms with E-state index in [2.05, 4.69) is 25.6 Å². The van der Waals surface area contributed by atoms with Gasteiger partial charge in [0.1, 0.15) is 24.7 Å². The summed E-state index contributed by atoms with van der Waals surface area (Å²) in [7, 11) is -3.52. The molecule has 0 radical (unpaired) electrons. The van der Waals surface area contributed by atoms with Crippen molar-refractivity contribution in [3.05, 3.63) is 11.1 Å². The van der Waals surface area contributed by atoms with Crippen LogP contribution in [0.15, 0.2) is 10.5 Å². The van der Waals surface area contributed by atoms with Crippen LogP contribution in [0.4, 0.5) is 5.13 Å². The van der Waals surface area contributed by atoms with Gasteiger partial charge in [-0.1, -0.05) is 5.16 Å². The number of halogens is 1. The standard InChI is InChI=1S/C12H14ClN5O7S2/c1-5-8(11(21)18(5)27(22,23)24)16-10(20)9(17-25-2)6-4-26-12(14-6)15-7(19)3-13/h4-5,8H,3H2,1-2H3,(H,16,20)(H,14,15,19)(H,22,23,24)/t5-,8+/m1/s1. The largest absolute Gasteiger partial charge is 0.398 e. The zero-order chi connectivity index (χ0) is 20.4. The van der Waals surface area contributed by atoms with Crippen LogP contribution in [0, 0.1) is 0 Å². The number of carbonyl (C=O) groups is 3. The number of rotatable bonds is 7. The van der Waals surface area contributed by atoms with E-state index in [4.69, 9.17) is 16.2 Å². The van der Waals surface area contributed by atoms with Crippen LogP contribution in [0.5, 0.6) is 0 Å². The topological polar surface area (TPSA) is 167 Å². The first-order valence-electron chi connectivity index (χ1n) is 7.14. The molecule has 0 aliphatic carbocycles. The van der Waals surface area contributed by atoms with Gasteiger partial charge >= 0.3 is 10.3 Å². The highest BCUT2D eigenvalue weighted by Crippen LogP contribution is 2.23. The van der Waals surface area contributed by atoms with Crippen LogP contribution >= 0.6 is 22.9 Å². The number of thiazole rings is 1. The SMILES string of the molecule is CON=C(C(=O)N[C@@H]1C(=O)N(S(=O)(=O)O)[C@@H]1C)c1csc(NC(=O)CCl)n1. The van der Waals surface area contributed by atoms with Crippen molar-refractivity contribution in [3.8, 4) is 0 Å². The smallest absolute Gasteiger partial charge is 0.362 e. The van der Waals surface area contributed by atoms with E-state index >= 15 is 0 Å². The monoisotopic (exact) mass is 439 g/mol. The number of carbonyl (C=O) groups excluding carboxylic acids is 3. The van der Waals surface area contributed by atoms with Crippen LogP contribution < -0.4 is 10.6 Å². The van der Waals surface area contributed by atoms with Crippen molar-refractivity contribution in [1.29, 1.82) is 0 Å². The summed E-state index contributed by atoms with van der Waals surface area (Å²) in [6, 6.07) is -2.18. The van der Waals surface area contributed by atoms with Crippen LogP contribution in [0.25, 0.3) is 0 Å². The van der Waals surface area contributed by atoms with Crippen molar-refractivity contribution in [3.63, 3.8) is 0 Å². The summed E-state index contributed by atoms with van der Waals surface area (Å²) < 4.78 is 31.4. The second-order valence-corrected chi connectivity index (χ2v) is 7.56. The summed E-state index contributed by atoms with van der Waals surface area (Å²) in [6.45, 7) is 1.33. The van der Waals surface area contributed by atoms with E-state index in [1.165, 1.54) is 19.4 Å². The van der Waals surface area contributed by atoms with Crippen molar-refractivity contribution in [2.45, 2.75) is 19.0 Å². The predicted octanol–water partition coefficient (Wildman–Crippen LogP) is -0.811. The highest BCUT2D eigenvalue weighted by atomic mass is 35.5. The van der Waals surface area contributed by atoms with Gasteiger partial charge in [-0.3, -0.25) is 18.9 Å². The Kier molecular flexibility index (Phi) is 6.35. The normalized spacial score (nSPS) is 20.1. The fraction of sp³-hybridized carbons (Fsp3) is 0.417. The summed E-state index contributed by atoms with van der Waals surface area (Å²) in [5, 5.41) is 9.84. The quantitative estimate of drug-likeness (QED) is 0.163. The number of amides is 3. The van der Waals surface area contributed by atoms with Gasteiger partial charge in [-0.05, 0) is 6.92 Å². The van der Waals surface area contributed by atoms with Crippen molar-refractivity contribution in [2.24, 2.45) is 5.16 Å². The molecule has 1 saturated heterocycles. The second kappa shape index (κ2) is 8.16. The van der Waals surface area contributed by atoms with Crippen LogP contribution in [0.3, 0.4) is 0 Å². The molecule has 27 heavy (non-hydrogen) atoms.